The van der Waals surface area contributed by atoms with Crippen molar-refractivity contribution in [3.63, 3.8) is 0 Å². The van der Waals surface area contributed by atoms with Crippen LogP contribution in [0.1, 0.15) is 61.8 Å². The van der Waals surface area contributed by atoms with Gasteiger partial charge in [0.05, 0.1) is 30.5 Å². The van der Waals surface area contributed by atoms with Gasteiger partial charge in [-0.2, -0.15) is 0 Å². The van der Waals surface area contributed by atoms with Gasteiger partial charge >= 0.3 is 0 Å². The zero-order valence-corrected chi connectivity index (χ0v) is 25.8. The molecule has 0 unspecified atom stereocenters. The number of rotatable bonds is 4. The van der Waals surface area contributed by atoms with Crippen LogP contribution in [0.2, 0.25) is 18.1 Å². The van der Waals surface area contributed by atoms with Crippen LogP contribution in [0.4, 0.5) is 0 Å². The number of hydrogen-bond acceptors (Lipinski definition) is 8. The number of aliphatic hydroxyl groups is 5. The fraction of sp³-hybridized carbons (Fsp3) is 0.862. The SMILES string of the molecule is C=C(C)[C@]1(O)[C@H](O)[C@@H](C)[C@@]2(O)[C@@H](C=C(CO)[C@H]3OC(C)(C)O[C@]34[C@@H](O[Si](C)(C)C(C)(C)C)[C@@H](C)C[C@@H]24)[C@H]1O. The van der Waals surface area contributed by atoms with E-state index in [4.69, 9.17) is 13.9 Å². The molecule has 8 nitrogen and oxygen atoms in total. The predicted molar refractivity (Wildman–Crippen MR) is 147 cm³/mol. The Morgan fingerprint density at radius 3 is 2.24 bits per heavy atom. The smallest absolute Gasteiger partial charge is 0.192 e. The lowest BCUT2D eigenvalue weighted by Gasteiger charge is -2.59. The Kier molecular flexibility index (Phi) is 7.13. The number of fused-ring (bicyclic) bond motifs is 2. The van der Waals surface area contributed by atoms with Gasteiger partial charge in [-0.15, -0.1) is 0 Å². The molecule has 2 saturated carbocycles. The van der Waals surface area contributed by atoms with Gasteiger partial charge in [-0.25, -0.2) is 0 Å². The van der Waals surface area contributed by atoms with Crippen LogP contribution in [0.25, 0.3) is 0 Å². The van der Waals surface area contributed by atoms with Crippen molar-refractivity contribution in [1.29, 1.82) is 0 Å². The number of hydrogen-bond donors (Lipinski definition) is 5. The maximum atomic E-state index is 12.8. The molecule has 1 aliphatic heterocycles. The van der Waals surface area contributed by atoms with E-state index in [1.807, 2.05) is 13.8 Å². The Hall–Kier alpha value is -0.623. The summed E-state index contributed by atoms with van der Waals surface area (Å²) in [5.74, 6) is -3.62. The molecule has 38 heavy (non-hydrogen) atoms. The fourth-order valence-corrected chi connectivity index (χ4v) is 9.06. The summed E-state index contributed by atoms with van der Waals surface area (Å²) in [5.41, 5.74) is -4.27. The van der Waals surface area contributed by atoms with Crippen LogP contribution in [0.5, 0.6) is 0 Å². The van der Waals surface area contributed by atoms with Gasteiger partial charge in [0.2, 0.25) is 0 Å². The summed E-state index contributed by atoms with van der Waals surface area (Å²) in [6.07, 6.45) is -2.15. The predicted octanol–water partition coefficient (Wildman–Crippen LogP) is 2.88. The molecule has 218 valence electrons. The van der Waals surface area contributed by atoms with Gasteiger partial charge < -0.3 is 39.4 Å². The second-order valence-electron chi connectivity index (χ2n) is 14.5. The molecule has 1 spiro atoms. The zero-order chi connectivity index (χ0) is 29.0. The summed E-state index contributed by atoms with van der Waals surface area (Å²) >= 11 is 0. The first-order valence-corrected chi connectivity index (χ1v) is 16.9. The molecule has 11 atom stereocenters. The molecular weight excluding hydrogens is 504 g/mol. The second kappa shape index (κ2) is 8.94. The van der Waals surface area contributed by atoms with E-state index in [9.17, 15) is 25.5 Å². The van der Waals surface area contributed by atoms with Crippen molar-refractivity contribution in [1.82, 2.24) is 0 Å². The molecule has 5 N–H and O–H groups in total. The standard InChI is InChI=1S/C29H50O8Si/c1-15(2)27(33)21(31)17(4)28(34)19(22(27)32)13-18(14-30)24-29(37-26(8,9)35-24)20(28)12-16(3)23(29)36-38(10,11)25(5,6)7/h13,16-17,19-24,30-34H,1,12,14H2,2-11H3/t16-,17+,19-,20-,21+,22+,23-,24+,27-,28+,29+/m0/s1. The molecule has 9 heteroatoms. The third-order valence-electron chi connectivity index (χ3n) is 10.7. The third-order valence-corrected chi connectivity index (χ3v) is 15.2. The highest BCUT2D eigenvalue weighted by Crippen LogP contribution is 2.65. The van der Waals surface area contributed by atoms with Crippen molar-refractivity contribution in [3.8, 4) is 0 Å². The van der Waals surface area contributed by atoms with Gasteiger partial charge in [-0.3, -0.25) is 0 Å². The fourth-order valence-electron chi connectivity index (χ4n) is 7.65. The van der Waals surface area contributed by atoms with Crippen molar-refractivity contribution < 1.29 is 39.4 Å². The lowest BCUT2D eigenvalue weighted by Crippen LogP contribution is -2.74. The van der Waals surface area contributed by atoms with Gasteiger partial charge in [0.1, 0.15) is 17.3 Å². The molecule has 3 fully saturated rings. The minimum absolute atomic E-state index is 0.0553. The average Bonchev–Trinajstić information content (AvgIpc) is 3.20. The third kappa shape index (κ3) is 3.84. The molecule has 1 saturated heterocycles. The number of aliphatic hydroxyl groups excluding tert-OH is 3. The Labute approximate surface area is 228 Å². The Morgan fingerprint density at radius 2 is 1.74 bits per heavy atom. The van der Waals surface area contributed by atoms with Gasteiger partial charge in [-0.05, 0) is 62.4 Å². The molecular formula is C29H50O8Si. The van der Waals surface area contributed by atoms with E-state index in [1.165, 1.54) is 0 Å². The van der Waals surface area contributed by atoms with E-state index < -0.39 is 73.1 Å². The van der Waals surface area contributed by atoms with Crippen LogP contribution in [-0.2, 0) is 13.9 Å². The first-order chi connectivity index (χ1) is 17.1. The highest BCUT2D eigenvalue weighted by molar-refractivity contribution is 6.74. The summed E-state index contributed by atoms with van der Waals surface area (Å²) in [4.78, 5) is 0. The topological polar surface area (TPSA) is 129 Å². The Balaban J connectivity index is 1.99. The highest BCUT2D eigenvalue weighted by Gasteiger charge is 2.77. The molecule has 4 aliphatic rings. The zero-order valence-electron chi connectivity index (χ0n) is 24.8. The van der Waals surface area contributed by atoms with Crippen molar-refractivity contribution in [2.45, 2.75) is 127 Å². The van der Waals surface area contributed by atoms with Crippen LogP contribution in [0.15, 0.2) is 23.8 Å². The average molecular weight is 555 g/mol. The van der Waals surface area contributed by atoms with Crippen molar-refractivity contribution in [2.75, 3.05) is 6.61 Å². The van der Waals surface area contributed by atoms with Crippen molar-refractivity contribution in [3.05, 3.63) is 23.8 Å². The second-order valence-corrected chi connectivity index (χ2v) is 19.3. The minimum Gasteiger partial charge on any atom is -0.411 e. The lowest BCUT2D eigenvalue weighted by atomic mass is 9.53. The largest absolute Gasteiger partial charge is 0.411 e. The maximum absolute atomic E-state index is 12.8. The molecule has 0 radical (unpaired) electrons. The van der Waals surface area contributed by atoms with E-state index >= 15 is 0 Å². The van der Waals surface area contributed by atoms with Crippen LogP contribution in [0, 0.1) is 23.7 Å². The first kappa shape index (κ1) is 30.3. The molecule has 0 aromatic carbocycles. The summed E-state index contributed by atoms with van der Waals surface area (Å²) < 4.78 is 20.5. The Bertz CT molecular complexity index is 1000. The molecule has 4 rings (SSSR count). The summed E-state index contributed by atoms with van der Waals surface area (Å²) in [6.45, 7) is 23.3. The molecule has 0 amide bonds. The maximum Gasteiger partial charge on any atom is 0.192 e. The van der Waals surface area contributed by atoms with Crippen LogP contribution < -0.4 is 0 Å². The molecule has 0 bridgehead atoms. The van der Waals surface area contributed by atoms with E-state index in [-0.39, 0.29) is 23.1 Å². The van der Waals surface area contributed by atoms with E-state index in [2.05, 4.69) is 47.4 Å². The monoisotopic (exact) mass is 554 g/mol. The van der Waals surface area contributed by atoms with Crippen molar-refractivity contribution in [2.24, 2.45) is 23.7 Å². The number of ether oxygens (including phenoxy) is 2. The molecule has 1 heterocycles. The quantitative estimate of drug-likeness (QED) is 0.265. The minimum atomic E-state index is -2.35. The first-order valence-electron chi connectivity index (χ1n) is 14.0. The van der Waals surface area contributed by atoms with Gasteiger partial charge in [0.15, 0.2) is 14.1 Å². The van der Waals surface area contributed by atoms with E-state index in [0.717, 1.165) is 0 Å². The highest BCUT2D eigenvalue weighted by atomic mass is 28.4. The van der Waals surface area contributed by atoms with E-state index in [1.54, 1.807) is 19.9 Å². The molecule has 0 aromatic rings. The lowest BCUT2D eigenvalue weighted by molar-refractivity contribution is -0.282. The van der Waals surface area contributed by atoms with Gasteiger partial charge in [0.25, 0.3) is 0 Å². The van der Waals surface area contributed by atoms with Crippen LogP contribution in [0.3, 0.4) is 0 Å². The van der Waals surface area contributed by atoms with Gasteiger partial charge in [-0.1, -0.05) is 47.3 Å². The Morgan fingerprint density at radius 1 is 1.16 bits per heavy atom. The molecule has 0 aromatic heterocycles. The van der Waals surface area contributed by atoms with Crippen LogP contribution >= 0.6 is 0 Å². The summed E-state index contributed by atoms with van der Waals surface area (Å²) in [6, 6.07) is 0. The van der Waals surface area contributed by atoms with Crippen molar-refractivity contribution >= 4 is 8.32 Å². The normalized spacial score (nSPS) is 48.6. The summed E-state index contributed by atoms with van der Waals surface area (Å²) in [5, 5.41) is 58.0. The molecule has 3 aliphatic carbocycles. The van der Waals surface area contributed by atoms with Gasteiger partial charge in [0, 0.05) is 17.8 Å². The van der Waals surface area contributed by atoms with Crippen LogP contribution in [-0.4, -0.2) is 87.5 Å². The van der Waals surface area contributed by atoms with E-state index in [0.29, 0.717) is 12.0 Å². The summed E-state index contributed by atoms with van der Waals surface area (Å²) in [7, 11) is -2.35.